The summed E-state index contributed by atoms with van der Waals surface area (Å²) < 4.78 is 23.3. The lowest BCUT2D eigenvalue weighted by Crippen LogP contribution is -2.46. The summed E-state index contributed by atoms with van der Waals surface area (Å²) >= 11 is 0. The summed E-state index contributed by atoms with van der Waals surface area (Å²) in [6.07, 6.45) is 2.16. The lowest BCUT2D eigenvalue weighted by atomic mass is 10.2. The van der Waals surface area contributed by atoms with Crippen molar-refractivity contribution < 1.29 is 13.2 Å². The highest BCUT2D eigenvalue weighted by atomic mass is 32.2. The Bertz CT molecular complexity index is 729. The first-order chi connectivity index (χ1) is 11.9. The van der Waals surface area contributed by atoms with E-state index in [-0.39, 0.29) is 23.5 Å². The fraction of sp³-hybridized carbons (Fsp3) is 0.647. The number of pyridine rings is 1. The number of likely N-dealkylation sites (N-methyl/N-ethyl adjacent to an activating group) is 1. The van der Waals surface area contributed by atoms with E-state index in [1.165, 1.54) is 4.90 Å². The van der Waals surface area contributed by atoms with Gasteiger partial charge in [0.05, 0.1) is 11.5 Å². The van der Waals surface area contributed by atoms with Gasteiger partial charge in [-0.25, -0.2) is 8.42 Å². The average Bonchev–Trinajstić information content (AvgIpc) is 3.00. The topological polar surface area (TPSA) is 73.8 Å². The van der Waals surface area contributed by atoms with E-state index in [2.05, 4.69) is 21.7 Å². The number of hydrogen-bond donors (Lipinski definition) is 0. The summed E-state index contributed by atoms with van der Waals surface area (Å²) in [7, 11) is -1.35. The van der Waals surface area contributed by atoms with Crippen LogP contribution in [0.5, 0.6) is 0 Å². The first-order valence-corrected chi connectivity index (χ1v) is 10.6. The standard InChI is InChI=1S/C17H26N4O3S/c1-3-20-7-9-21(10-8-20)14-4-6-18-16(12-14)17(22)19(2)15-5-11-25(23,24)13-15/h4,6,12,15H,3,5,7-11,13H2,1-2H3. The van der Waals surface area contributed by atoms with Gasteiger partial charge in [0.15, 0.2) is 9.84 Å². The van der Waals surface area contributed by atoms with Crippen molar-refractivity contribution in [2.24, 2.45) is 0 Å². The van der Waals surface area contributed by atoms with Crippen molar-refractivity contribution in [3.05, 3.63) is 24.0 Å². The van der Waals surface area contributed by atoms with Crippen LogP contribution in [0.2, 0.25) is 0 Å². The minimum Gasteiger partial charge on any atom is -0.369 e. The zero-order chi connectivity index (χ0) is 18.0. The van der Waals surface area contributed by atoms with Crippen LogP contribution in [0.25, 0.3) is 0 Å². The first kappa shape index (κ1) is 18.1. The highest BCUT2D eigenvalue weighted by Gasteiger charge is 2.33. The van der Waals surface area contributed by atoms with E-state index in [1.807, 2.05) is 12.1 Å². The average molecular weight is 366 g/mol. The molecule has 25 heavy (non-hydrogen) atoms. The Kier molecular flexibility index (Phi) is 5.29. The first-order valence-electron chi connectivity index (χ1n) is 8.80. The second kappa shape index (κ2) is 7.29. The van der Waals surface area contributed by atoms with Crippen LogP contribution in [0, 0.1) is 0 Å². The van der Waals surface area contributed by atoms with Crippen LogP contribution in [0.3, 0.4) is 0 Å². The molecule has 1 atom stereocenters. The Morgan fingerprint density at radius 3 is 2.64 bits per heavy atom. The molecular formula is C17H26N4O3S. The van der Waals surface area contributed by atoms with E-state index in [9.17, 15) is 13.2 Å². The minimum absolute atomic E-state index is 0.0495. The van der Waals surface area contributed by atoms with Crippen molar-refractivity contribution in [3.8, 4) is 0 Å². The van der Waals surface area contributed by atoms with Gasteiger partial charge in [-0.15, -0.1) is 0 Å². The van der Waals surface area contributed by atoms with Crippen LogP contribution < -0.4 is 4.90 Å². The maximum Gasteiger partial charge on any atom is 0.272 e. The molecule has 0 N–H and O–H groups in total. The Labute approximate surface area is 149 Å². The molecule has 2 aliphatic rings. The maximum atomic E-state index is 12.7. The van der Waals surface area contributed by atoms with Crippen molar-refractivity contribution in [1.29, 1.82) is 0 Å². The number of aromatic nitrogens is 1. The molecule has 3 heterocycles. The maximum absolute atomic E-state index is 12.7. The van der Waals surface area contributed by atoms with Gasteiger partial charge < -0.3 is 14.7 Å². The third kappa shape index (κ3) is 4.12. The number of anilines is 1. The highest BCUT2D eigenvalue weighted by molar-refractivity contribution is 7.91. The molecule has 138 valence electrons. The number of carbonyl (C=O) groups excluding carboxylic acids is 1. The van der Waals surface area contributed by atoms with E-state index in [0.29, 0.717) is 12.1 Å². The summed E-state index contributed by atoms with van der Waals surface area (Å²) in [6, 6.07) is 3.50. The van der Waals surface area contributed by atoms with E-state index in [0.717, 1.165) is 38.4 Å². The van der Waals surface area contributed by atoms with Gasteiger partial charge in [-0.05, 0) is 25.1 Å². The highest BCUT2D eigenvalue weighted by Crippen LogP contribution is 2.21. The molecule has 0 radical (unpaired) electrons. The van der Waals surface area contributed by atoms with Crippen molar-refractivity contribution in [3.63, 3.8) is 0 Å². The normalized spacial score (nSPS) is 23.6. The molecule has 2 aliphatic heterocycles. The number of carbonyl (C=O) groups is 1. The summed E-state index contributed by atoms with van der Waals surface area (Å²) in [5.74, 6) is -0.00519. The minimum atomic E-state index is -3.02. The molecule has 0 aromatic carbocycles. The summed E-state index contributed by atoms with van der Waals surface area (Å²) in [5.41, 5.74) is 1.38. The fourth-order valence-corrected chi connectivity index (χ4v) is 5.26. The monoisotopic (exact) mass is 366 g/mol. The third-order valence-corrected chi connectivity index (χ3v) is 6.97. The molecule has 0 saturated carbocycles. The van der Waals surface area contributed by atoms with E-state index in [1.54, 1.807) is 13.2 Å². The Balaban J connectivity index is 1.70. The predicted octanol–water partition coefficient (Wildman–Crippen LogP) is 0.483. The Morgan fingerprint density at radius 2 is 2.04 bits per heavy atom. The van der Waals surface area contributed by atoms with Gasteiger partial charge in [0, 0.05) is 51.2 Å². The fourth-order valence-electron chi connectivity index (χ4n) is 3.48. The Hall–Kier alpha value is -1.67. The summed E-state index contributed by atoms with van der Waals surface area (Å²) in [6.45, 7) is 7.12. The lowest BCUT2D eigenvalue weighted by Gasteiger charge is -2.35. The molecule has 0 aliphatic carbocycles. The molecule has 3 rings (SSSR count). The molecule has 2 fully saturated rings. The van der Waals surface area contributed by atoms with Gasteiger partial charge in [0.25, 0.3) is 5.91 Å². The smallest absolute Gasteiger partial charge is 0.272 e. The number of nitrogens with zero attached hydrogens (tertiary/aromatic N) is 4. The number of piperazine rings is 1. The molecule has 8 heteroatoms. The molecule has 2 saturated heterocycles. The van der Waals surface area contributed by atoms with Gasteiger partial charge in [0.1, 0.15) is 5.69 Å². The van der Waals surface area contributed by atoms with E-state index in [4.69, 9.17) is 0 Å². The van der Waals surface area contributed by atoms with Crippen LogP contribution in [0.15, 0.2) is 18.3 Å². The predicted molar refractivity (Wildman–Crippen MR) is 97.7 cm³/mol. The number of sulfone groups is 1. The molecule has 1 unspecified atom stereocenters. The molecule has 1 amide bonds. The second-order valence-corrected chi connectivity index (χ2v) is 9.02. The van der Waals surface area contributed by atoms with Gasteiger partial charge >= 0.3 is 0 Å². The van der Waals surface area contributed by atoms with Crippen molar-refractivity contribution in [2.75, 3.05) is 56.2 Å². The molecule has 0 spiro atoms. The molecule has 1 aromatic heterocycles. The van der Waals surface area contributed by atoms with Gasteiger partial charge in [-0.2, -0.15) is 0 Å². The van der Waals surface area contributed by atoms with Crippen LogP contribution in [0.1, 0.15) is 23.8 Å². The quantitative estimate of drug-likeness (QED) is 0.772. The summed E-state index contributed by atoms with van der Waals surface area (Å²) in [4.78, 5) is 23.1. The SMILES string of the molecule is CCN1CCN(c2ccnc(C(=O)N(C)C3CCS(=O)(=O)C3)c2)CC1. The number of amides is 1. The number of rotatable bonds is 4. The van der Waals surface area contributed by atoms with Crippen molar-refractivity contribution in [1.82, 2.24) is 14.8 Å². The van der Waals surface area contributed by atoms with Crippen LogP contribution in [-0.4, -0.2) is 86.4 Å². The molecule has 1 aromatic rings. The van der Waals surface area contributed by atoms with Crippen LogP contribution >= 0.6 is 0 Å². The molecule has 0 bridgehead atoms. The van der Waals surface area contributed by atoms with Crippen LogP contribution in [0.4, 0.5) is 5.69 Å². The van der Waals surface area contributed by atoms with Gasteiger partial charge in [-0.3, -0.25) is 9.78 Å². The van der Waals surface area contributed by atoms with Crippen molar-refractivity contribution >= 4 is 21.4 Å². The largest absolute Gasteiger partial charge is 0.369 e. The van der Waals surface area contributed by atoms with Gasteiger partial charge in [0.2, 0.25) is 0 Å². The molecular weight excluding hydrogens is 340 g/mol. The molecule has 7 nitrogen and oxygen atoms in total. The third-order valence-electron chi connectivity index (χ3n) is 5.22. The van der Waals surface area contributed by atoms with Crippen molar-refractivity contribution in [2.45, 2.75) is 19.4 Å². The zero-order valence-electron chi connectivity index (χ0n) is 14.9. The second-order valence-electron chi connectivity index (χ2n) is 6.79. The lowest BCUT2D eigenvalue weighted by molar-refractivity contribution is 0.0742. The van der Waals surface area contributed by atoms with E-state index < -0.39 is 9.84 Å². The summed E-state index contributed by atoms with van der Waals surface area (Å²) in [5, 5.41) is 0. The Morgan fingerprint density at radius 1 is 1.32 bits per heavy atom. The zero-order valence-corrected chi connectivity index (χ0v) is 15.7. The van der Waals surface area contributed by atoms with E-state index >= 15 is 0 Å². The van der Waals surface area contributed by atoms with Crippen LogP contribution in [-0.2, 0) is 9.84 Å². The van der Waals surface area contributed by atoms with Gasteiger partial charge in [-0.1, -0.05) is 6.92 Å². The number of hydrogen-bond acceptors (Lipinski definition) is 6.